The number of hydrogen-bond acceptors (Lipinski definition) is 5. The lowest BCUT2D eigenvalue weighted by Crippen LogP contribution is -2.41. The van der Waals surface area contributed by atoms with Crippen molar-refractivity contribution in [1.29, 1.82) is 0 Å². The highest BCUT2D eigenvalue weighted by atomic mass is 16.6. The van der Waals surface area contributed by atoms with Crippen LogP contribution in [0.1, 0.15) is 18.4 Å². The number of carbonyl (C=O) groups excluding carboxylic acids is 1. The first-order valence-electron chi connectivity index (χ1n) is 9.86. The first kappa shape index (κ1) is 19.8. The second kappa shape index (κ2) is 8.87. The SMILES string of the molecule is O=C(Cc1cn(-c2ccccc2)nc1-c1ccc([N+](=O)[O-])cc1)NC1CCCOC1. The normalized spacial score (nSPS) is 16.2. The molecular weight excluding hydrogens is 384 g/mol. The van der Waals surface area contributed by atoms with E-state index in [2.05, 4.69) is 10.4 Å². The number of nitrogens with one attached hydrogen (secondary N) is 1. The van der Waals surface area contributed by atoms with Crippen LogP contribution >= 0.6 is 0 Å². The van der Waals surface area contributed by atoms with E-state index in [1.807, 2.05) is 36.5 Å². The molecule has 3 aromatic rings. The van der Waals surface area contributed by atoms with Crippen molar-refractivity contribution in [2.45, 2.75) is 25.3 Å². The minimum absolute atomic E-state index is 0.0119. The van der Waals surface area contributed by atoms with E-state index in [1.54, 1.807) is 16.8 Å². The van der Waals surface area contributed by atoms with Crippen molar-refractivity contribution in [1.82, 2.24) is 15.1 Å². The van der Waals surface area contributed by atoms with E-state index in [0.717, 1.165) is 36.3 Å². The molecule has 8 nitrogen and oxygen atoms in total. The number of nitro groups is 1. The highest BCUT2D eigenvalue weighted by molar-refractivity contribution is 5.81. The molecule has 2 heterocycles. The summed E-state index contributed by atoms with van der Waals surface area (Å²) >= 11 is 0. The number of nitro benzene ring substituents is 1. The van der Waals surface area contributed by atoms with Gasteiger partial charge in [-0.2, -0.15) is 5.10 Å². The summed E-state index contributed by atoms with van der Waals surface area (Å²) in [4.78, 5) is 23.2. The molecule has 2 aromatic carbocycles. The van der Waals surface area contributed by atoms with Crippen LogP contribution in [-0.4, -0.2) is 39.9 Å². The van der Waals surface area contributed by atoms with Crippen LogP contribution < -0.4 is 5.32 Å². The lowest BCUT2D eigenvalue weighted by atomic mass is 10.0. The smallest absolute Gasteiger partial charge is 0.269 e. The van der Waals surface area contributed by atoms with Gasteiger partial charge >= 0.3 is 0 Å². The van der Waals surface area contributed by atoms with Crippen molar-refractivity contribution in [3.8, 4) is 16.9 Å². The molecule has 1 aromatic heterocycles. The fourth-order valence-corrected chi connectivity index (χ4v) is 3.54. The molecule has 1 amide bonds. The number of rotatable bonds is 6. The van der Waals surface area contributed by atoms with Gasteiger partial charge in [0.2, 0.25) is 5.91 Å². The van der Waals surface area contributed by atoms with Gasteiger partial charge in [0.1, 0.15) is 0 Å². The van der Waals surface area contributed by atoms with Gasteiger partial charge in [-0.05, 0) is 37.1 Å². The second-order valence-corrected chi connectivity index (χ2v) is 7.25. The third-order valence-electron chi connectivity index (χ3n) is 5.04. The van der Waals surface area contributed by atoms with Gasteiger partial charge < -0.3 is 10.1 Å². The number of para-hydroxylation sites is 1. The molecule has 0 bridgehead atoms. The minimum atomic E-state index is -0.438. The van der Waals surface area contributed by atoms with Gasteiger partial charge in [0.15, 0.2) is 0 Å². The Morgan fingerprint density at radius 1 is 1.20 bits per heavy atom. The summed E-state index contributed by atoms with van der Waals surface area (Å²) in [6, 6.07) is 15.8. The van der Waals surface area contributed by atoms with Crippen molar-refractivity contribution in [3.63, 3.8) is 0 Å². The summed E-state index contributed by atoms with van der Waals surface area (Å²) in [5, 5.41) is 18.7. The molecule has 8 heteroatoms. The Balaban J connectivity index is 1.62. The third-order valence-corrected chi connectivity index (χ3v) is 5.04. The van der Waals surface area contributed by atoms with Crippen LogP contribution in [0.2, 0.25) is 0 Å². The average molecular weight is 406 g/mol. The highest BCUT2D eigenvalue weighted by Crippen LogP contribution is 2.26. The molecule has 1 aliphatic heterocycles. The van der Waals surface area contributed by atoms with E-state index in [4.69, 9.17) is 4.74 Å². The maximum absolute atomic E-state index is 12.7. The van der Waals surface area contributed by atoms with Crippen LogP contribution in [0.15, 0.2) is 60.8 Å². The van der Waals surface area contributed by atoms with E-state index in [1.165, 1.54) is 12.1 Å². The molecule has 1 saturated heterocycles. The maximum atomic E-state index is 12.7. The molecule has 0 radical (unpaired) electrons. The standard InChI is InChI=1S/C22H22N4O4/c27-21(23-18-5-4-12-30-15-18)13-17-14-25(19-6-2-1-3-7-19)24-22(17)16-8-10-20(11-9-16)26(28)29/h1-3,6-11,14,18H,4-5,12-13,15H2,(H,23,27). The van der Waals surface area contributed by atoms with Crippen LogP contribution in [0.5, 0.6) is 0 Å². The lowest BCUT2D eigenvalue weighted by Gasteiger charge is -2.23. The molecule has 1 aliphatic rings. The average Bonchev–Trinajstić information content (AvgIpc) is 3.18. The van der Waals surface area contributed by atoms with Crippen LogP contribution in [0, 0.1) is 10.1 Å². The predicted molar refractivity (Wildman–Crippen MR) is 111 cm³/mol. The molecule has 1 unspecified atom stereocenters. The van der Waals surface area contributed by atoms with Crippen molar-refractivity contribution in [2.24, 2.45) is 0 Å². The van der Waals surface area contributed by atoms with Crippen molar-refractivity contribution >= 4 is 11.6 Å². The first-order valence-corrected chi connectivity index (χ1v) is 9.86. The van der Waals surface area contributed by atoms with Gasteiger partial charge in [0.25, 0.3) is 5.69 Å². The summed E-state index contributed by atoms with van der Waals surface area (Å²) in [5.74, 6) is -0.0960. The van der Waals surface area contributed by atoms with Crippen LogP contribution in [0.25, 0.3) is 16.9 Å². The largest absolute Gasteiger partial charge is 0.379 e. The lowest BCUT2D eigenvalue weighted by molar-refractivity contribution is -0.384. The molecular formula is C22H22N4O4. The van der Waals surface area contributed by atoms with E-state index in [9.17, 15) is 14.9 Å². The monoisotopic (exact) mass is 406 g/mol. The summed E-state index contributed by atoms with van der Waals surface area (Å²) in [5.41, 5.74) is 2.98. The summed E-state index contributed by atoms with van der Waals surface area (Å²) in [6.45, 7) is 1.27. The first-order chi connectivity index (χ1) is 14.6. The number of aromatic nitrogens is 2. The number of ether oxygens (including phenoxy) is 1. The van der Waals surface area contributed by atoms with E-state index >= 15 is 0 Å². The van der Waals surface area contributed by atoms with Gasteiger partial charge in [-0.1, -0.05) is 18.2 Å². The zero-order valence-corrected chi connectivity index (χ0v) is 16.4. The quantitative estimate of drug-likeness (QED) is 0.500. The molecule has 4 rings (SSSR count). The molecule has 30 heavy (non-hydrogen) atoms. The molecule has 0 saturated carbocycles. The number of hydrogen-bond donors (Lipinski definition) is 1. The van der Waals surface area contributed by atoms with Gasteiger partial charge in [-0.25, -0.2) is 4.68 Å². The Bertz CT molecular complexity index is 1030. The molecule has 1 atom stereocenters. The van der Waals surface area contributed by atoms with E-state index in [0.29, 0.717) is 12.3 Å². The predicted octanol–water partition coefficient (Wildman–Crippen LogP) is 3.29. The molecule has 0 spiro atoms. The Kier molecular flexibility index (Phi) is 5.85. The molecule has 0 aliphatic carbocycles. The number of nitrogens with zero attached hydrogens (tertiary/aromatic N) is 3. The van der Waals surface area contributed by atoms with Crippen molar-refractivity contribution in [3.05, 3.63) is 76.5 Å². The number of carbonyl (C=O) groups is 1. The zero-order valence-electron chi connectivity index (χ0n) is 16.4. The molecule has 1 N–H and O–H groups in total. The van der Waals surface area contributed by atoms with Crippen LogP contribution in [0.4, 0.5) is 5.69 Å². The highest BCUT2D eigenvalue weighted by Gasteiger charge is 2.20. The Morgan fingerprint density at radius 2 is 1.97 bits per heavy atom. The summed E-state index contributed by atoms with van der Waals surface area (Å²) in [6.07, 6.45) is 3.84. The fourth-order valence-electron chi connectivity index (χ4n) is 3.54. The maximum Gasteiger partial charge on any atom is 0.269 e. The van der Waals surface area contributed by atoms with Gasteiger partial charge in [0, 0.05) is 36.1 Å². The minimum Gasteiger partial charge on any atom is -0.379 e. The summed E-state index contributed by atoms with van der Waals surface area (Å²) < 4.78 is 7.16. The van der Waals surface area contributed by atoms with Crippen LogP contribution in [0.3, 0.4) is 0 Å². The molecule has 154 valence electrons. The number of non-ortho nitro benzene ring substituents is 1. The van der Waals surface area contributed by atoms with Gasteiger partial charge in [0.05, 0.1) is 35.4 Å². The summed E-state index contributed by atoms with van der Waals surface area (Å²) in [7, 11) is 0. The second-order valence-electron chi connectivity index (χ2n) is 7.25. The Morgan fingerprint density at radius 3 is 2.63 bits per heavy atom. The third kappa shape index (κ3) is 4.55. The topological polar surface area (TPSA) is 99.3 Å². The number of benzene rings is 2. The molecule has 1 fully saturated rings. The Hall–Kier alpha value is -3.52. The zero-order chi connectivity index (χ0) is 20.9. The Labute approximate surface area is 173 Å². The van der Waals surface area contributed by atoms with E-state index in [-0.39, 0.29) is 24.1 Å². The fraction of sp³-hybridized carbons (Fsp3) is 0.273. The van der Waals surface area contributed by atoms with Crippen molar-refractivity contribution in [2.75, 3.05) is 13.2 Å². The van der Waals surface area contributed by atoms with E-state index < -0.39 is 4.92 Å². The van der Waals surface area contributed by atoms with Crippen LogP contribution in [-0.2, 0) is 16.0 Å². The number of amides is 1. The van der Waals surface area contributed by atoms with Crippen molar-refractivity contribution < 1.29 is 14.5 Å². The van der Waals surface area contributed by atoms with Gasteiger partial charge in [-0.3, -0.25) is 14.9 Å². The van der Waals surface area contributed by atoms with Gasteiger partial charge in [-0.15, -0.1) is 0 Å².